The van der Waals surface area contributed by atoms with Crippen molar-refractivity contribution in [3.63, 3.8) is 0 Å². The van der Waals surface area contributed by atoms with E-state index in [0.717, 1.165) is 18.4 Å². The molecule has 1 fully saturated rings. The number of rotatable bonds is 5. The molecule has 5 aromatic rings. The van der Waals surface area contributed by atoms with Crippen molar-refractivity contribution >= 4 is 55.8 Å². The SMILES string of the molecule is CS(=O)(=O)N1Cc2cc(Nc3ncc4c(=O)n(-c5c(Cl)cccc5Cl)nc(-c5ccncc5)c4n3)ccc2C2(CC2)C1. The molecule has 13 heteroatoms. The van der Waals surface area contributed by atoms with Crippen molar-refractivity contribution in [3.8, 4) is 16.9 Å². The number of pyridine rings is 1. The minimum atomic E-state index is -3.33. The van der Waals surface area contributed by atoms with Crippen molar-refractivity contribution in [2.45, 2.75) is 24.8 Å². The number of halogens is 2. The van der Waals surface area contributed by atoms with Crippen LogP contribution in [-0.4, -0.2) is 50.3 Å². The van der Waals surface area contributed by atoms with Crippen molar-refractivity contribution < 1.29 is 8.42 Å². The lowest BCUT2D eigenvalue weighted by molar-refractivity contribution is 0.347. The molecule has 1 spiro atoms. The summed E-state index contributed by atoms with van der Waals surface area (Å²) in [5.74, 6) is 0.254. The zero-order chi connectivity index (χ0) is 29.2. The van der Waals surface area contributed by atoms with Crippen LogP contribution < -0.4 is 10.9 Å². The van der Waals surface area contributed by atoms with Gasteiger partial charge in [0.15, 0.2) is 0 Å². The normalized spacial score (nSPS) is 16.0. The maximum atomic E-state index is 13.6. The zero-order valence-corrected chi connectivity index (χ0v) is 24.6. The second-order valence-corrected chi connectivity index (χ2v) is 13.4. The number of fused-ring (bicyclic) bond motifs is 3. The summed E-state index contributed by atoms with van der Waals surface area (Å²) in [7, 11) is -3.33. The van der Waals surface area contributed by atoms with E-state index in [-0.39, 0.29) is 32.5 Å². The number of benzene rings is 2. The summed E-state index contributed by atoms with van der Waals surface area (Å²) < 4.78 is 27.5. The van der Waals surface area contributed by atoms with Crippen LogP contribution in [0.1, 0.15) is 24.0 Å². The molecule has 7 rings (SSSR count). The molecule has 4 heterocycles. The molecule has 1 N–H and O–H groups in total. The monoisotopic (exact) mass is 619 g/mol. The van der Waals surface area contributed by atoms with E-state index in [1.807, 2.05) is 12.1 Å². The first kappa shape index (κ1) is 27.0. The highest BCUT2D eigenvalue weighted by Gasteiger charge is 2.50. The summed E-state index contributed by atoms with van der Waals surface area (Å²) in [4.78, 5) is 26.9. The average Bonchev–Trinajstić information content (AvgIpc) is 3.73. The van der Waals surface area contributed by atoms with Gasteiger partial charge in [0.25, 0.3) is 5.56 Å². The third-order valence-corrected chi connectivity index (χ3v) is 9.63. The largest absolute Gasteiger partial charge is 0.324 e. The summed E-state index contributed by atoms with van der Waals surface area (Å²) >= 11 is 12.9. The Morgan fingerprint density at radius 2 is 1.76 bits per heavy atom. The van der Waals surface area contributed by atoms with Crippen molar-refractivity contribution in [1.29, 1.82) is 0 Å². The second kappa shape index (κ2) is 9.84. The van der Waals surface area contributed by atoms with Crippen LogP contribution in [0.5, 0.6) is 0 Å². The lowest BCUT2D eigenvalue weighted by atomic mass is 9.88. The number of aromatic nitrogens is 5. The second-order valence-electron chi connectivity index (χ2n) is 10.6. The van der Waals surface area contributed by atoms with Gasteiger partial charge in [-0.1, -0.05) is 35.3 Å². The Bertz CT molecular complexity index is 2050. The summed E-state index contributed by atoms with van der Waals surface area (Å²) in [6.07, 6.45) is 7.88. The van der Waals surface area contributed by atoms with E-state index in [4.69, 9.17) is 28.2 Å². The van der Waals surface area contributed by atoms with Gasteiger partial charge in [0.1, 0.15) is 16.9 Å². The van der Waals surface area contributed by atoms with Gasteiger partial charge in [0, 0.05) is 48.3 Å². The third-order valence-electron chi connectivity index (χ3n) is 7.82. The van der Waals surface area contributed by atoms with Gasteiger partial charge in [-0.3, -0.25) is 9.78 Å². The van der Waals surface area contributed by atoms with Gasteiger partial charge in [0.2, 0.25) is 16.0 Å². The van der Waals surface area contributed by atoms with Crippen LogP contribution in [0.25, 0.3) is 27.8 Å². The lowest BCUT2D eigenvalue weighted by Crippen LogP contribution is -2.41. The van der Waals surface area contributed by atoms with Crippen LogP contribution in [0.3, 0.4) is 0 Å². The first-order valence-corrected chi connectivity index (χ1v) is 15.7. The molecule has 1 saturated carbocycles. The molecule has 42 heavy (non-hydrogen) atoms. The van der Waals surface area contributed by atoms with E-state index in [9.17, 15) is 13.2 Å². The molecule has 10 nitrogen and oxygen atoms in total. The Balaban J connectivity index is 1.33. The number of nitrogens with zero attached hydrogens (tertiary/aromatic N) is 6. The summed E-state index contributed by atoms with van der Waals surface area (Å²) in [6, 6.07) is 14.4. The van der Waals surface area contributed by atoms with Gasteiger partial charge in [0.05, 0.1) is 21.7 Å². The molecule has 212 valence electrons. The highest BCUT2D eigenvalue weighted by atomic mass is 35.5. The molecule has 0 saturated heterocycles. The number of hydrogen-bond donors (Lipinski definition) is 1. The quantitative estimate of drug-likeness (QED) is 0.288. The van der Waals surface area contributed by atoms with Gasteiger partial charge in [-0.25, -0.2) is 18.4 Å². The van der Waals surface area contributed by atoms with E-state index in [1.165, 1.54) is 22.7 Å². The van der Waals surface area contributed by atoms with Crippen molar-refractivity contribution in [1.82, 2.24) is 29.0 Å². The van der Waals surface area contributed by atoms with Crippen LogP contribution >= 0.6 is 23.2 Å². The van der Waals surface area contributed by atoms with E-state index >= 15 is 0 Å². The van der Waals surface area contributed by atoms with Gasteiger partial charge in [-0.15, -0.1) is 0 Å². The fourth-order valence-corrected chi connectivity index (χ4v) is 6.98. The number of anilines is 2. The Morgan fingerprint density at radius 1 is 1.02 bits per heavy atom. The molecule has 0 unspecified atom stereocenters. The van der Waals surface area contributed by atoms with E-state index in [1.54, 1.807) is 47.0 Å². The van der Waals surface area contributed by atoms with Gasteiger partial charge >= 0.3 is 0 Å². The molecule has 2 aromatic carbocycles. The molecule has 1 aliphatic heterocycles. The Labute approximate surface area is 251 Å². The highest BCUT2D eigenvalue weighted by molar-refractivity contribution is 7.88. The fraction of sp³-hybridized carbons (Fsp3) is 0.207. The molecule has 2 aliphatic rings. The Hall–Kier alpha value is -3.90. The van der Waals surface area contributed by atoms with Crippen LogP contribution in [0, 0.1) is 0 Å². The number of nitrogens with one attached hydrogen (secondary N) is 1. The average molecular weight is 621 g/mol. The van der Waals surface area contributed by atoms with E-state index < -0.39 is 15.6 Å². The lowest BCUT2D eigenvalue weighted by Gasteiger charge is -2.33. The summed E-state index contributed by atoms with van der Waals surface area (Å²) in [5, 5.41) is 8.64. The van der Waals surface area contributed by atoms with Crippen LogP contribution in [0.2, 0.25) is 10.0 Å². The topological polar surface area (TPSA) is 123 Å². The van der Waals surface area contributed by atoms with Crippen LogP contribution in [-0.2, 0) is 22.0 Å². The fourth-order valence-electron chi connectivity index (χ4n) is 5.56. The molecule has 0 amide bonds. The van der Waals surface area contributed by atoms with E-state index in [0.29, 0.717) is 35.6 Å². The molecular formula is C29H23Cl2N7O3S. The zero-order valence-electron chi connectivity index (χ0n) is 22.3. The Kier molecular flexibility index (Phi) is 6.32. The molecule has 1 aliphatic carbocycles. The third kappa shape index (κ3) is 4.62. The Morgan fingerprint density at radius 3 is 2.45 bits per heavy atom. The maximum Gasteiger partial charge on any atom is 0.282 e. The first-order chi connectivity index (χ1) is 20.1. The molecular weight excluding hydrogens is 597 g/mol. The predicted molar refractivity (Wildman–Crippen MR) is 162 cm³/mol. The molecule has 0 bridgehead atoms. The van der Waals surface area contributed by atoms with Gasteiger partial charge in [-0.2, -0.15) is 14.1 Å². The maximum absolute atomic E-state index is 13.6. The summed E-state index contributed by atoms with van der Waals surface area (Å²) in [6.45, 7) is 0.825. The summed E-state index contributed by atoms with van der Waals surface area (Å²) in [5.41, 5.74) is 3.95. The van der Waals surface area contributed by atoms with Crippen LogP contribution in [0.4, 0.5) is 11.6 Å². The minimum absolute atomic E-state index is 0.107. The van der Waals surface area contributed by atoms with E-state index in [2.05, 4.69) is 26.4 Å². The van der Waals surface area contributed by atoms with Crippen molar-refractivity contribution in [2.24, 2.45) is 0 Å². The van der Waals surface area contributed by atoms with Crippen molar-refractivity contribution in [3.05, 3.63) is 98.6 Å². The molecule has 0 atom stereocenters. The van der Waals surface area contributed by atoms with Crippen LogP contribution in [0.15, 0.2) is 71.9 Å². The first-order valence-electron chi connectivity index (χ1n) is 13.1. The number of sulfonamides is 1. The minimum Gasteiger partial charge on any atom is -0.324 e. The standard InChI is InChI=1S/C29H23Cl2N7O3S/c1-42(40,41)37-15-18-13-19(5-6-21(18)29(16-37)9-10-29)34-28-33-14-20-25(35-28)24(17-7-11-32-12-8-17)36-38(27(20)39)26-22(30)3-2-4-23(26)31/h2-8,11-14H,9-10,15-16H2,1H3,(H,33,34,35). The number of para-hydroxylation sites is 1. The molecule has 3 aromatic heterocycles. The van der Waals surface area contributed by atoms with Crippen molar-refractivity contribution in [2.75, 3.05) is 18.1 Å². The predicted octanol–water partition coefficient (Wildman–Crippen LogP) is 5.09. The van der Waals surface area contributed by atoms with Gasteiger partial charge in [-0.05, 0) is 60.4 Å². The smallest absolute Gasteiger partial charge is 0.282 e. The highest BCUT2D eigenvalue weighted by Crippen LogP contribution is 2.53. The van der Waals surface area contributed by atoms with Gasteiger partial charge < -0.3 is 5.32 Å². The molecule has 0 radical (unpaired) electrons. The number of hydrogen-bond acceptors (Lipinski definition) is 8.